The maximum absolute atomic E-state index is 13.0. The van der Waals surface area contributed by atoms with Crippen molar-refractivity contribution in [3.8, 4) is 0 Å². The number of hydrogen-bond donors (Lipinski definition) is 14. The Hall–Kier alpha value is -7.95. The molecule has 6 aliphatic heterocycles. The van der Waals surface area contributed by atoms with E-state index >= 15 is 0 Å². The number of thioether (sulfide) groups is 2. The van der Waals surface area contributed by atoms with Crippen molar-refractivity contribution in [3.05, 3.63) is 227 Å². The fraction of sp³-hybridized carbons (Fsp3) is 0.475. The molecule has 6 aliphatic rings. The summed E-state index contributed by atoms with van der Waals surface area (Å²) in [5.41, 5.74) is 44.4. The van der Waals surface area contributed by atoms with Crippen molar-refractivity contribution >= 4 is 122 Å². The van der Waals surface area contributed by atoms with Gasteiger partial charge in [0.15, 0.2) is 0 Å². The van der Waals surface area contributed by atoms with E-state index in [1.54, 1.807) is 25.3 Å². The maximum Gasteiger partial charge on any atom is 0.529 e. The van der Waals surface area contributed by atoms with Crippen molar-refractivity contribution in [2.45, 2.75) is 175 Å². The van der Waals surface area contributed by atoms with E-state index in [9.17, 15) is 96.0 Å². The molecular weight excluding hydrogens is 2180 g/mol. The number of H-pyrrole nitrogens is 2. The number of aromatic nitrogens is 4. The molecule has 2 aromatic heterocycles. The molecule has 8 heterocycles. The van der Waals surface area contributed by atoms with Gasteiger partial charge in [-0.15, -0.1) is 23.5 Å². The molecule has 45 nitrogen and oxygen atoms in total. The zero-order chi connectivity index (χ0) is 97.3. The summed E-state index contributed by atoms with van der Waals surface area (Å²) in [5, 5.41) is 35.9. The number of rotatable bonds is 43. The standard InChI is InChI=1S/C41H47BrN6O17P2S.C39H43BrN6O16P2S.2Y/c1-4-5-6-7-8-9-10-11-14-17-34(65-67(58,59)62-25-30-29(49)23-36(63-30)48-24-28(42)38(52)46-41(48)54)44-33(51)16-13-12-15-20-43-32(50)19-22-68-35-18-21-47(40(53)45-35)39-27(2)37(60-3)31(64-39)26-61-66(55,56)57;1-2-3-4-5-6-7-8-9-12-15-33(62-64(56,57)59-26-30-29(47)23-36(61-30)46-24-28(40)37(50)44-39(46)52)42-32(49)14-11-10-13-20-41-31(48)19-22-65-34-18-21-45(38(51)43-34)35-17-16-27(60-35)25-58-63(53,54)55;;/h18,21,24,27,29-31,35-37,39,49H,1,12-13,15-16,19-20,22-23,25-26H2,2-3H3,(H,43,50)(H,44,51)(H,45,53)(H,58,59)(H,46,52,54)(H2,55,56,57);18,21,24,27,29-30,34-36,47H,1,10-11,13-14,16-17,19-20,22-23,25-26H2,(H,41,48)(H,42,49)(H,43,51)(H,56,57)(H,44,50,52)(H2,53,54,55);;/p-2. The van der Waals surface area contributed by atoms with Gasteiger partial charge in [0.05, 0.1) is 70.5 Å². The first-order valence-corrected chi connectivity index (χ1v) is 49.3. The molecule has 0 aromatic carbocycles. The minimum atomic E-state index is -5.04. The van der Waals surface area contributed by atoms with Gasteiger partial charge in [0, 0.05) is 178 Å². The predicted octanol–water partition coefficient (Wildman–Crippen LogP) is 3.60. The molecule has 18 unspecified atom stereocenters. The van der Waals surface area contributed by atoms with Crippen molar-refractivity contribution in [2.24, 2.45) is 5.92 Å². The fourth-order valence-corrected chi connectivity index (χ4v) is 16.8. The number of carbonyl (C=O) groups is 6. The van der Waals surface area contributed by atoms with E-state index in [0.29, 0.717) is 76.0 Å². The number of urea groups is 2. The van der Waals surface area contributed by atoms with Crippen molar-refractivity contribution < 1.29 is 203 Å². The molecule has 4 fully saturated rings. The summed E-state index contributed by atoms with van der Waals surface area (Å²) in [6.45, 7) is 6.75. The summed E-state index contributed by atoms with van der Waals surface area (Å²) in [4.78, 5) is 191. The van der Waals surface area contributed by atoms with E-state index in [2.05, 4.69) is 211 Å². The monoisotopic (exact) mass is 2270 g/mol. The Morgan fingerprint density at radius 3 is 1.33 bits per heavy atom. The number of aromatic amines is 2. The summed E-state index contributed by atoms with van der Waals surface area (Å²) in [7, 11) is -18.6. The van der Waals surface area contributed by atoms with Crippen LogP contribution in [0, 0.1) is 5.92 Å². The second kappa shape index (κ2) is 60.1. The molecule has 14 N–H and O–H groups in total. The zero-order valence-corrected chi connectivity index (χ0v) is 85.6. The number of methoxy groups -OCH3 is 1. The van der Waals surface area contributed by atoms with Gasteiger partial charge in [0.25, 0.3) is 38.5 Å². The molecule has 2 aromatic rings. The largest absolute Gasteiger partial charge is 0.756 e. The van der Waals surface area contributed by atoms with Gasteiger partial charge in [-0.1, -0.05) is 31.2 Å². The first kappa shape index (κ1) is 118. The fourth-order valence-electron chi connectivity index (χ4n) is 12.2. The molecular formula is C80H88Br2N12O33P4S2Y2-2. The van der Waals surface area contributed by atoms with Crippen LogP contribution >= 0.6 is 86.7 Å². The topological polar surface area (TPSA) is 628 Å². The Labute approximate surface area is 844 Å². The number of aliphatic hydroxyl groups is 2. The normalized spacial score (nSPS) is 23.0. The van der Waals surface area contributed by atoms with E-state index < -0.39 is 188 Å². The number of nitrogens with zero attached hydrogens (tertiary/aromatic N) is 4. The van der Waals surface area contributed by atoms with E-state index in [1.165, 1.54) is 59.0 Å². The van der Waals surface area contributed by atoms with Crippen LogP contribution in [0.25, 0.3) is 0 Å². The van der Waals surface area contributed by atoms with Crippen LogP contribution in [-0.4, -0.2) is 218 Å². The van der Waals surface area contributed by atoms with Crippen molar-refractivity contribution in [3.63, 3.8) is 0 Å². The number of ether oxygens (including phenoxy) is 5. The summed E-state index contributed by atoms with van der Waals surface area (Å²) in [5.74, 6) is -2.74. The Kier molecular flexibility index (Phi) is 52.4. The van der Waals surface area contributed by atoms with E-state index in [-0.39, 0.29) is 137 Å². The SMILES string of the molecule is C=C=C=C=C=C=C=C=C=C=C=C(NC(=O)CCCCCNC(=O)CCSC1C=CN(C2CCC(COP(=O)([O-])O)O2)C(=O)N1)OP(=O)(O)OCC1OC(n2cc(Br)c(=O)[nH]c2=O)CC1O.C=C=C=C=C=C=C=C=C=C=C=C(NC(=O)CCCCCNC(=O)CCSC1C=CN(C2OC(COP(=O)([O-])O)C(OC)C2C)C(=O)N1)OP(=O)(O)OCC1OC(n2cc(Br)c(=O)[nH]c2=O)CC1O.[Y].[Y]. The average Bonchev–Trinajstić information content (AvgIpc) is 1.63. The van der Waals surface area contributed by atoms with Gasteiger partial charge >= 0.3 is 39.1 Å². The number of aliphatic hydroxyl groups excluding tert-OH is 2. The number of phosphoric acid groups is 4. The Balaban J connectivity index is 0.000000471. The Bertz CT molecular complexity index is 6000. The first-order valence-electron chi connectivity index (χ1n) is 39.7. The number of hydrogen-bond acceptors (Lipinski definition) is 31. The number of amides is 8. The molecule has 8 rings (SSSR count). The van der Waals surface area contributed by atoms with Crippen molar-refractivity contribution in [1.29, 1.82) is 0 Å². The van der Waals surface area contributed by atoms with Crippen LogP contribution in [0.3, 0.4) is 0 Å². The van der Waals surface area contributed by atoms with Crippen LogP contribution < -0.4 is 64.2 Å². The molecule has 0 bridgehead atoms. The van der Waals surface area contributed by atoms with Crippen LogP contribution in [0.15, 0.2) is 205 Å². The van der Waals surface area contributed by atoms with Gasteiger partial charge in [-0.25, -0.2) is 28.3 Å². The second-order valence-electron chi connectivity index (χ2n) is 28.0. The minimum absolute atomic E-state index is 0. The Morgan fingerprint density at radius 1 is 0.526 bits per heavy atom. The van der Waals surface area contributed by atoms with Crippen molar-refractivity contribution in [1.82, 2.24) is 60.8 Å². The van der Waals surface area contributed by atoms with Gasteiger partial charge in [-0.3, -0.25) is 96.3 Å². The van der Waals surface area contributed by atoms with Crippen LogP contribution in [0.1, 0.15) is 109 Å². The van der Waals surface area contributed by atoms with Gasteiger partial charge in [-0.2, -0.15) is 0 Å². The molecule has 135 heavy (non-hydrogen) atoms. The second-order valence-corrected chi connectivity index (χ2v) is 37.3. The third kappa shape index (κ3) is 43.5. The number of unbranched alkanes of at least 4 members (excludes halogenated alkanes) is 4. The van der Waals surface area contributed by atoms with E-state index in [0.717, 1.165) is 9.13 Å². The van der Waals surface area contributed by atoms with E-state index in [4.69, 9.17) is 51.6 Å². The molecule has 4 saturated heterocycles. The summed E-state index contributed by atoms with van der Waals surface area (Å²) >= 11 is 8.68. The average molecular weight is 2270 g/mol. The molecule has 55 heteroatoms. The minimum Gasteiger partial charge on any atom is -0.756 e. The van der Waals surface area contributed by atoms with Gasteiger partial charge < -0.3 is 92.8 Å². The van der Waals surface area contributed by atoms with Gasteiger partial charge in [0.1, 0.15) is 43.2 Å². The molecule has 0 spiro atoms. The molecule has 2 radical (unpaired) electrons. The van der Waals surface area contributed by atoms with Crippen LogP contribution in [0.2, 0.25) is 0 Å². The zero-order valence-electron chi connectivity index (χ0n) is 71.5. The van der Waals surface area contributed by atoms with Gasteiger partial charge in [0.2, 0.25) is 23.6 Å². The number of nitrogens with one attached hydrogen (secondary N) is 8. The third-order valence-corrected chi connectivity index (χ3v) is 24.3. The molecule has 0 aliphatic carbocycles. The molecule has 8 amide bonds. The van der Waals surface area contributed by atoms with E-state index in [1.807, 2.05) is 0 Å². The third-order valence-electron chi connectivity index (χ3n) is 18.3. The van der Waals surface area contributed by atoms with Gasteiger partial charge in [-0.05, 0) is 187 Å². The quantitative estimate of drug-likeness (QED) is 0.0195. The van der Waals surface area contributed by atoms with Crippen LogP contribution in [0.5, 0.6) is 0 Å². The Morgan fingerprint density at radius 2 is 0.926 bits per heavy atom. The molecule has 18 atom stereocenters. The predicted molar refractivity (Wildman–Crippen MR) is 467 cm³/mol. The summed E-state index contributed by atoms with van der Waals surface area (Å²) in [6, 6.07) is -0.915. The number of phosphoric ester groups is 4. The number of halogens is 2. The van der Waals surface area contributed by atoms with Crippen LogP contribution in [-0.2, 0) is 154 Å². The van der Waals surface area contributed by atoms with Crippen LogP contribution in [0.4, 0.5) is 9.59 Å². The maximum atomic E-state index is 13.0. The smallest absolute Gasteiger partial charge is 0.529 e. The number of carbonyl (C=O) groups excluding carboxylic acids is 6. The molecule has 0 saturated carbocycles. The molecule has 720 valence electrons. The summed E-state index contributed by atoms with van der Waals surface area (Å²) < 4.78 is 107. The first-order chi connectivity index (χ1) is 63.2. The summed E-state index contributed by atoms with van der Waals surface area (Å²) in [6.07, 6.45) is 1.78. The van der Waals surface area contributed by atoms with Crippen molar-refractivity contribution in [2.75, 3.05) is 58.1 Å².